The average molecular weight is 682 g/mol. The summed E-state index contributed by atoms with van der Waals surface area (Å²) in [4.78, 5) is 2.37. The van der Waals surface area contributed by atoms with Crippen molar-refractivity contribution in [2.75, 3.05) is 4.90 Å². The lowest BCUT2D eigenvalue weighted by molar-refractivity contribution is 1.16. The maximum absolute atomic E-state index is 2.40. The van der Waals surface area contributed by atoms with Crippen molar-refractivity contribution in [3.05, 3.63) is 186 Å². The van der Waals surface area contributed by atoms with Gasteiger partial charge >= 0.3 is 0 Å². The Bertz CT molecular complexity index is 2740. The monoisotopic (exact) mass is 681 g/mol. The smallest absolute Gasteiger partial charge is 0.0541 e. The lowest BCUT2D eigenvalue weighted by Crippen LogP contribution is -2.10. The summed E-state index contributed by atoms with van der Waals surface area (Å²) >= 11 is 0. The second-order valence-corrected chi connectivity index (χ2v) is 14.7. The largest absolute Gasteiger partial charge is 0.310 e. The van der Waals surface area contributed by atoms with Crippen LogP contribution >= 0.6 is 0 Å². The van der Waals surface area contributed by atoms with Gasteiger partial charge in [-0.05, 0) is 148 Å². The first-order valence-electron chi connectivity index (χ1n) is 18.4. The normalized spacial score (nSPS) is 11.8. The van der Waals surface area contributed by atoms with Gasteiger partial charge in [-0.25, -0.2) is 0 Å². The molecule has 0 atom stereocenters. The summed E-state index contributed by atoms with van der Waals surface area (Å²) in [6.45, 7) is 8.69. The van der Waals surface area contributed by atoms with Crippen molar-refractivity contribution in [3.8, 4) is 11.4 Å². The Morgan fingerprint density at radius 2 is 0.679 bits per heavy atom. The van der Waals surface area contributed by atoms with Crippen molar-refractivity contribution in [1.82, 2.24) is 9.13 Å². The summed E-state index contributed by atoms with van der Waals surface area (Å²) in [7, 11) is 0. The van der Waals surface area contributed by atoms with Crippen LogP contribution in [0.25, 0.3) is 65.8 Å². The summed E-state index contributed by atoms with van der Waals surface area (Å²) in [5.74, 6) is 0. The minimum Gasteiger partial charge on any atom is -0.310 e. The Labute approximate surface area is 309 Å². The second kappa shape index (κ2) is 12.0. The van der Waals surface area contributed by atoms with Gasteiger partial charge in [0.1, 0.15) is 0 Å². The lowest BCUT2D eigenvalue weighted by Gasteiger charge is -2.26. The highest BCUT2D eigenvalue weighted by Crippen LogP contribution is 2.40. The first kappa shape index (κ1) is 31.2. The number of anilines is 3. The summed E-state index contributed by atoms with van der Waals surface area (Å²) < 4.78 is 4.80. The molecular formula is C50H39N3. The Balaban J connectivity index is 1.11. The van der Waals surface area contributed by atoms with E-state index in [-0.39, 0.29) is 0 Å². The van der Waals surface area contributed by atoms with Crippen LogP contribution in [0.15, 0.2) is 164 Å². The topological polar surface area (TPSA) is 13.1 Å². The first-order valence-corrected chi connectivity index (χ1v) is 18.4. The van der Waals surface area contributed by atoms with Gasteiger partial charge in [-0.15, -0.1) is 0 Å². The summed E-state index contributed by atoms with van der Waals surface area (Å²) in [6, 6.07) is 60.6. The van der Waals surface area contributed by atoms with E-state index in [1.165, 1.54) is 76.6 Å². The predicted molar refractivity (Wildman–Crippen MR) is 226 cm³/mol. The Kier molecular flexibility index (Phi) is 7.06. The molecule has 0 spiro atoms. The molecule has 0 saturated carbocycles. The molecule has 0 aliphatic rings. The highest BCUT2D eigenvalue weighted by atomic mass is 15.1. The van der Waals surface area contributed by atoms with Gasteiger partial charge in [0.2, 0.25) is 0 Å². The van der Waals surface area contributed by atoms with Crippen molar-refractivity contribution >= 4 is 71.4 Å². The van der Waals surface area contributed by atoms with E-state index in [9.17, 15) is 0 Å². The number of fused-ring (bicyclic) bond motifs is 7. The maximum Gasteiger partial charge on any atom is 0.0541 e. The van der Waals surface area contributed by atoms with Crippen molar-refractivity contribution in [2.24, 2.45) is 0 Å². The van der Waals surface area contributed by atoms with E-state index in [4.69, 9.17) is 0 Å². The Morgan fingerprint density at radius 1 is 0.321 bits per heavy atom. The molecular weight excluding hydrogens is 643 g/mol. The molecule has 2 aromatic heterocycles. The standard InChI is InChI=1S/C50H39N3/c1-32-9-23-47-43(27-32)44-28-33(2)10-24-48(44)52(47)40-19-15-38(16-20-40)51(42-14-13-36-7-5-6-8-37(36)31-42)39-17-21-41(22-18-39)53-49-25-11-34(3)29-45(49)46-30-35(4)12-26-50(46)53/h5-31H,1-4H3. The molecule has 254 valence electrons. The molecule has 0 aliphatic heterocycles. The first-order chi connectivity index (χ1) is 25.9. The van der Waals surface area contributed by atoms with Gasteiger partial charge in [0.25, 0.3) is 0 Å². The molecule has 8 aromatic carbocycles. The average Bonchev–Trinajstić information content (AvgIpc) is 3.66. The van der Waals surface area contributed by atoms with Gasteiger partial charge in [0.05, 0.1) is 22.1 Å². The molecule has 0 bridgehead atoms. The van der Waals surface area contributed by atoms with E-state index >= 15 is 0 Å². The molecule has 0 aliphatic carbocycles. The van der Waals surface area contributed by atoms with E-state index in [0.29, 0.717) is 0 Å². The van der Waals surface area contributed by atoms with Crippen LogP contribution in [0.3, 0.4) is 0 Å². The zero-order valence-corrected chi connectivity index (χ0v) is 30.4. The molecule has 10 aromatic rings. The zero-order valence-electron chi connectivity index (χ0n) is 30.4. The van der Waals surface area contributed by atoms with Crippen LogP contribution in [0.4, 0.5) is 17.1 Å². The number of aromatic nitrogens is 2. The molecule has 0 unspecified atom stereocenters. The Hall–Kier alpha value is -6.58. The number of rotatable bonds is 5. The second-order valence-electron chi connectivity index (χ2n) is 14.7. The van der Waals surface area contributed by atoms with E-state index in [1.54, 1.807) is 0 Å². The molecule has 0 saturated heterocycles. The highest BCUT2D eigenvalue weighted by Gasteiger charge is 2.18. The van der Waals surface area contributed by atoms with Crippen LogP contribution in [-0.4, -0.2) is 9.13 Å². The summed E-state index contributed by atoms with van der Waals surface area (Å²) in [6.07, 6.45) is 0. The third-order valence-electron chi connectivity index (χ3n) is 10.9. The fourth-order valence-electron chi connectivity index (χ4n) is 8.32. The molecule has 2 heterocycles. The van der Waals surface area contributed by atoms with E-state index in [0.717, 1.165) is 28.4 Å². The van der Waals surface area contributed by atoms with Crippen molar-refractivity contribution in [2.45, 2.75) is 27.7 Å². The SMILES string of the molecule is Cc1ccc2c(c1)c1cc(C)ccc1n2-c1ccc(N(c2ccc(-n3c4ccc(C)cc4c4cc(C)ccc43)cc2)c2ccc3ccccc3c2)cc1. The van der Waals surface area contributed by atoms with E-state index in [2.05, 4.69) is 206 Å². The fraction of sp³-hybridized carbons (Fsp3) is 0.0800. The van der Waals surface area contributed by atoms with Gasteiger partial charge in [-0.2, -0.15) is 0 Å². The predicted octanol–water partition coefficient (Wildman–Crippen LogP) is 13.7. The van der Waals surface area contributed by atoms with Gasteiger partial charge in [0.15, 0.2) is 0 Å². The fourth-order valence-corrected chi connectivity index (χ4v) is 8.32. The molecule has 3 heteroatoms. The van der Waals surface area contributed by atoms with Crippen molar-refractivity contribution < 1.29 is 0 Å². The van der Waals surface area contributed by atoms with Crippen LogP contribution in [0.1, 0.15) is 22.3 Å². The maximum atomic E-state index is 2.40. The van der Waals surface area contributed by atoms with Gasteiger partial charge in [-0.3, -0.25) is 0 Å². The van der Waals surface area contributed by atoms with Gasteiger partial charge in [-0.1, -0.05) is 76.9 Å². The third kappa shape index (κ3) is 5.11. The minimum atomic E-state index is 1.10. The number of nitrogens with zero attached hydrogens (tertiary/aromatic N) is 3. The number of aryl methyl sites for hydroxylation is 4. The quantitative estimate of drug-likeness (QED) is 0.176. The Morgan fingerprint density at radius 3 is 1.08 bits per heavy atom. The van der Waals surface area contributed by atoms with Crippen LogP contribution in [0, 0.1) is 27.7 Å². The lowest BCUT2D eigenvalue weighted by atomic mass is 10.1. The van der Waals surface area contributed by atoms with Crippen LogP contribution in [0.2, 0.25) is 0 Å². The van der Waals surface area contributed by atoms with Crippen LogP contribution < -0.4 is 4.90 Å². The number of hydrogen-bond donors (Lipinski definition) is 0. The van der Waals surface area contributed by atoms with Crippen LogP contribution in [-0.2, 0) is 0 Å². The van der Waals surface area contributed by atoms with E-state index < -0.39 is 0 Å². The van der Waals surface area contributed by atoms with Crippen molar-refractivity contribution in [1.29, 1.82) is 0 Å². The zero-order chi connectivity index (χ0) is 35.8. The van der Waals surface area contributed by atoms with Gasteiger partial charge in [0, 0.05) is 50.0 Å². The van der Waals surface area contributed by atoms with Crippen molar-refractivity contribution in [3.63, 3.8) is 0 Å². The summed E-state index contributed by atoms with van der Waals surface area (Å²) in [5.41, 5.74) is 15.6. The molecule has 0 N–H and O–H groups in total. The molecule has 53 heavy (non-hydrogen) atoms. The van der Waals surface area contributed by atoms with Crippen LogP contribution in [0.5, 0.6) is 0 Å². The van der Waals surface area contributed by atoms with Gasteiger partial charge < -0.3 is 14.0 Å². The molecule has 0 amide bonds. The van der Waals surface area contributed by atoms with E-state index in [1.807, 2.05) is 0 Å². The molecule has 0 radical (unpaired) electrons. The molecule has 10 rings (SSSR count). The molecule has 0 fully saturated rings. The number of hydrogen-bond acceptors (Lipinski definition) is 1. The minimum absolute atomic E-state index is 1.10. The highest BCUT2D eigenvalue weighted by molar-refractivity contribution is 6.11. The third-order valence-corrected chi connectivity index (χ3v) is 10.9. The number of benzene rings is 8. The molecule has 3 nitrogen and oxygen atoms in total. The summed E-state index contributed by atoms with van der Waals surface area (Å²) in [5, 5.41) is 7.61.